The molecule has 0 aliphatic carbocycles. The first-order valence-electron chi connectivity index (χ1n) is 11.5. The zero-order valence-corrected chi connectivity index (χ0v) is 19.6. The van der Waals surface area contributed by atoms with Crippen molar-refractivity contribution >= 4 is 29.2 Å². The van der Waals surface area contributed by atoms with Gasteiger partial charge in [-0.15, -0.1) is 0 Å². The van der Waals surface area contributed by atoms with E-state index in [1.54, 1.807) is 19.4 Å². The number of aromatic nitrogens is 1. The number of nitrogens with zero attached hydrogens (tertiary/aromatic N) is 3. The summed E-state index contributed by atoms with van der Waals surface area (Å²) in [6.45, 7) is 6.19. The standard InChI is InChI=1S/C27H30N4O3/c1-3-34-24-12-9-21(19-25(24)33-2)10-14-27(32)29-22-11-13-26(28-20-22)31-17-15-30(16-18-31)23-7-5-4-6-8-23/h4-14,19-20H,3,15-18H2,1-2H3,(H,29,32)/b14-10+. The van der Waals surface area contributed by atoms with E-state index in [1.165, 1.54) is 11.8 Å². The molecule has 34 heavy (non-hydrogen) atoms. The summed E-state index contributed by atoms with van der Waals surface area (Å²) in [5, 5.41) is 2.86. The number of nitrogens with one attached hydrogen (secondary N) is 1. The highest BCUT2D eigenvalue weighted by Gasteiger charge is 2.18. The first-order chi connectivity index (χ1) is 16.7. The molecule has 1 N–H and O–H groups in total. The smallest absolute Gasteiger partial charge is 0.248 e. The fourth-order valence-electron chi connectivity index (χ4n) is 3.90. The van der Waals surface area contributed by atoms with E-state index in [9.17, 15) is 4.79 Å². The zero-order chi connectivity index (χ0) is 23.8. The van der Waals surface area contributed by atoms with Crippen LogP contribution in [-0.2, 0) is 4.79 Å². The number of methoxy groups -OCH3 is 1. The molecular weight excluding hydrogens is 428 g/mol. The van der Waals surface area contributed by atoms with Crippen LogP contribution in [0.25, 0.3) is 6.08 Å². The number of ether oxygens (including phenoxy) is 2. The van der Waals surface area contributed by atoms with Gasteiger partial charge in [0.25, 0.3) is 0 Å². The zero-order valence-electron chi connectivity index (χ0n) is 19.6. The van der Waals surface area contributed by atoms with E-state index in [4.69, 9.17) is 9.47 Å². The lowest BCUT2D eigenvalue weighted by atomic mass is 10.2. The third-order valence-electron chi connectivity index (χ3n) is 5.66. The SMILES string of the molecule is CCOc1ccc(/C=C/C(=O)Nc2ccc(N3CCN(c4ccccc4)CC3)nc2)cc1OC. The van der Waals surface area contributed by atoms with Crippen LogP contribution in [0.4, 0.5) is 17.2 Å². The van der Waals surface area contributed by atoms with Crippen LogP contribution in [0.3, 0.4) is 0 Å². The van der Waals surface area contributed by atoms with Gasteiger partial charge in [0.1, 0.15) is 5.82 Å². The second kappa shape index (κ2) is 11.2. The Kier molecular flexibility index (Phi) is 7.65. The summed E-state index contributed by atoms with van der Waals surface area (Å²) < 4.78 is 10.9. The topological polar surface area (TPSA) is 66.9 Å². The van der Waals surface area contributed by atoms with Crippen LogP contribution >= 0.6 is 0 Å². The van der Waals surface area contributed by atoms with Crippen molar-refractivity contribution in [1.82, 2.24) is 4.98 Å². The van der Waals surface area contributed by atoms with Crippen molar-refractivity contribution in [2.75, 3.05) is 55.0 Å². The number of hydrogen-bond donors (Lipinski definition) is 1. The quantitative estimate of drug-likeness (QED) is 0.503. The summed E-state index contributed by atoms with van der Waals surface area (Å²) in [5.74, 6) is 2.01. The van der Waals surface area contributed by atoms with Crippen LogP contribution in [0.5, 0.6) is 11.5 Å². The van der Waals surface area contributed by atoms with Gasteiger partial charge in [-0.25, -0.2) is 4.98 Å². The second-order valence-electron chi connectivity index (χ2n) is 7.88. The Morgan fingerprint density at radius 2 is 1.76 bits per heavy atom. The number of amides is 1. The number of piperazine rings is 1. The number of pyridine rings is 1. The van der Waals surface area contributed by atoms with Gasteiger partial charge in [0, 0.05) is 37.9 Å². The molecule has 1 fully saturated rings. The Balaban J connectivity index is 1.30. The first-order valence-corrected chi connectivity index (χ1v) is 11.5. The molecule has 0 bridgehead atoms. The van der Waals surface area contributed by atoms with Gasteiger partial charge in [-0.3, -0.25) is 4.79 Å². The number of anilines is 3. The van der Waals surface area contributed by atoms with E-state index >= 15 is 0 Å². The van der Waals surface area contributed by atoms with Gasteiger partial charge in [0.05, 0.1) is 25.6 Å². The lowest BCUT2D eigenvalue weighted by Gasteiger charge is -2.36. The molecule has 7 nitrogen and oxygen atoms in total. The van der Waals surface area contributed by atoms with Gasteiger partial charge < -0.3 is 24.6 Å². The number of carbonyl (C=O) groups excluding carboxylic acids is 1. The summed E-state index contributed by atoms with van der Waals surface area (Å²) in [6.07, 6.45) is 4.93. The molecule has 0 unspecified atom stereocenters. The fourth-order valence-corrected chi connectivity index (χ4v) is 3.90. The Morgan fingerprint density at radius 3 is 2.44 bits per heavy atom. The monoisotopic (exact) mass is 458 g/mol. The fraction of sp³-hybridized carbons (Fsp3) is 0.259. The molecule has 7 heteroatoms. The van der Waals surface area contributed by atoms with Crippen LogP contribution in [0.15, 0.2) is 72.9 Å². The number of hydrogen-bond acceptors (Lipinski definition) is 6. The highest BCUT2D eigenvalue weighted by molar-refractivity contribution is 6.01. The third kappa shape index (κ3) is 5.86. The number of carbonyl (C=O) groups is 1. The first kappa shape index (κ1) is 23.2. The van der Waals surface area contributed by atoms with Crippen molar-refractivity contribution in [3.05, 3.63) is 78.5 Å². The van der Waals surface area contributed by atoms with E-state index in [0.717, 1.165) is 37.6 Å². The molecule has 1 aromatic heterocycles. The minimum atomic E-state index is -0.223. The molecule has 2 heterocycles. The highest BCUT2D eigenvalue weighted by Crippen LogP contribution is 2.28. The summed E-state index contributed by atoms with van der Waals surface area (Å²) in [4.78, 5) is 21.6. The summed E-state index contributed by atoms with van der Waals surface area (Å²) in [6, 6.07) is 19.9. The largest absolute Gasteiger partial charge is 0.493 e. The molecule has 4 rings (SSSR count). The summed E-state index contributed by atoms with van der Waals surface area (Å²) in [7, 11) is 1.60. The van der Waals surface area contributed by atoms with Gasteiger partial charge in [-0.1, -0.05) is 24.3 Å². The van der Waals surface area contributed by atoms with Crippen LogP contribution in [-0.4, -0.2) is 50.8 Å². The Labute approximate surface area is 200 Å². The van der Waals surface area contributed by atoms with Crippen molar-refractivity contribution in [3.8, 4) is 11.5 Å². The molecule has 1 amide bonds. The van der Waals surface area contributed by atoms with Gasteiger partial charge in [-0.05, 0) is 55.0 Å². The molecule has 0 atom stereocenters. The molecule has 1 aliphatic rings. The van der Waals surface area contributed by atoms with Crippen LogP contribution in [0.1, 0.15) is 12.5 Å². The van der Waals surface area contributed by atoms with E-state index < -0.39 is 0 Å². The minimum Gasteiger partial charge on any atom is -0.493 e. The van der Waals surface area contributed by atoms with Crippen molar-refractivity contribution in [3.63, 3.8) is 0 Å². The number of rotatable bonds is 8. The number of benzene rings is 2. The Bertz CT molecular complexity index is 1110. The van der Waals surface area contributed by atoms with Crippen molar-refractivity contribution in [1.29, 1.82) is 0 Å². The van der Waals surface area contributed by atoms with Crippen LogP contribution < -0.4 is 24.6 Å². The van der Waals surface area contributed by atoms with E-state index in [2.05, 4.69) is 44.4 Å². The Morgan fingerprint density at radius 1 is 1.00 bits per heavy atom. The molecular formula is C27H30N4O3. The summed E-state index contributed by atoms with van der Waals surface area (Å²) >= 11 is 0. The molecule has 1 aliphatic heterocycles. The number of para-hydroxylation sites is 1. The molecule has 0 spiro atoms. The molecule has 0 radical (unpaired) electrons. The third-order valence-corrected chi connectivity index (χ3v) is 5.66. The molecule has 3 aromatic rings. The van der Waals surface area contributed by atoms with Crippen molar-refractivity contribution in [2.45, 2.75) is 6.92 Å². The lowest BCUT2D eigenvalue weighted by molar-refractivity contribution is -0.111. The van der Waals surface area contributed by atoms with E-state index in [1.807, 2.05) is 43.3 Å². The Hall–Kier alpha value is -4.00. The molecule has 176 valence electrons. The minimum absolute atomic E-state index is 0.223. The van der Waals surface area contributed by atoms with Gasteiger partial charge in [0.15, 0.2) is 11.5 Å². The maximum Gasteiger partial charge on any atom is 0.248 e. The van der Waals surface area contributed by atoms with Crippen LogP contribution in [0, 0.1) is 0 Å². The maximum absolute atomic E-state index is 12.4. The highest BCUT2D eigenvalue weighted by atomic mass is 16.5. The van der Waals surface area contributed by atoms with Gasteiger partial charge >= 0.3 is 0 Å². The average Bonchev–Trinajstić information content (AvgIpc) is 2.89. The predicted molar refractivity (Wildman–Crippen MR) is 137 cm³/mol. The van der Waals surface area contributed by atoms with Gasteiger partial charge in [-0.2, -0.15) is 0 Å². The van der Waals surface area contributed by atoms with E-state index in [0.29, 0.717) is 23.8 Å². The second-order valence-corrected chi connectivity index (χ2v) is 7.88. The molecule has 0 saturated carbocycles. The maximum atomic E-state index is 12.4. The van der Waals surface area contributed by atoms with Crippen molar-refractivity contribution < 1.29 is 14.3 Å². The van der Waals surface area contributed by atoms with E-state index in [-0.39, 0.29) is 5.91 Å². The molecule has 1 saturated heterocycles. The summed E-state index contributed by atoms with van der Waals surface area (Å²) in [5.41, 5.74) is 2.76. The van der Waals surface area contributed by atoms with Crippen molar-refractivity contribution in [2.24, 2.45) is 0 Å². The lowest BCUT2D eigenvalue weighted by Crippen LogP contribution is -2.46. The predicted octanol–water partition coefficient (Wildman–Crippen LogP) is 4.47. The normalized spacial score (nSPS) is 13.7. The average molecular weight is 459 g/mol. The molecule has 2 aromatic carbocycles. The van der Waals surface area contributed by atoms with Gasteiger partial charge in [0.2, 0.25) is 5.91 Å². The van der Waals surface area contributed by atoms with Crippen LogP contribution in [0.2, 0.25) is 0 Å².